The number of nitrogens with two attached hydrogens (primary N) is 1. The summed E-state index contributed by atoms with van der Waals surface area (Å²) in [5, 5.41) is 2.32. The molecule has 2 N–H and O–H groups in total. The van der Waals surface area contributed by atoms with Crippen LogP contribution in [0.3, 0.4) is 0 Å². The molecule has 3 aromatic rings. The lowest BCUT2D eigenvalue weighted by Crippen LogP contribution is -1.91. The first-order valence-corrected chi connectivity index (χ1v) is 6.63. The molecule has 0 heterocycles. The third-order valence-corrected chi connectivity index (χ3v) is 3.64. The molecule has 2 heteroatoms. The van der Waals surface area contributed by atoms with Crippen LogP contribution in [0.1, 0.15) is 5.56 Å². The number of ether oxygens (including phenoxy) is 1. The fraction of sp³-hybridized carbons (Fsp3) is 0.111. The van der Waals surface area contributed by atoms with Gasteiger partial charge in [0.25, 0.3) is 0 Å². The summed E-state index contributed by atoms with van der Waals surface area (Å²) in [5.41, 5.74) is 10.2. The van der Waals surface area contributed by atoms with Gasteiger partial charge in [0.15, 0.2) is 0 Å². The van der Waals surface area contributed by atoms with Crippen LogP contribution in [-0.2, 0) is 0 Å². The summed E-state index contributed by atoms with van der Waals surface area (Å²) in [7, 11) is 1.70. The minimum Gasteiger partial charge on any atom is -0.496 e. The summed E-state index contributed by atoms with van der Waals surface area (Å²) in [6, 6.07) is 18.5. The van der Waals surface area contributed by atoms with E-state index < -0.39 is 0 Å². The van der Waals surface area contributed by atoms with Crippen molar-refractivity contribution >= 4 is 16.5 Å². The molecule has 0 radical (unpaired) electrons. The Hall–Kier alpha value is -2.48. The second-order valence-corrected chi connectivity index (χ2v) is 4.94. The zero-order valence-corrected chi connectivity index (χ0v) is 11.7. The summed E-state index contributed by atoms with van der Waals surface area (Å²) < 4.78 is 5.45. The van der Waals surface area contributed by atoms with Gasteiger partial charge in [-0.3, -0.25) is 0 Å². The first-order chi connectivity index (χ1) is 9.70. The zero-order chi connectivity index (χ0) is 14.1. The fourth-order valence-electron chi connectivity index (χ4n) is 2.67. The lowest BCUT2D eigenvalue weighted by atomic mass is 9.94. The molecule has 0 unspecified atom stereocenters. The highest BCUT2D eigenvalue weighted by Gasteiger charge is 2.09. The number of hydrogen-bond acceptors (Lipinski definition) is 2. The molecule has 0 bridgehead atoms. The predicted molar refractivity (Wildman–Crippen MR) is 85.1 cm³/mol. The molecule has 0 aliphatic heterocycles. The number of rotatable bonds is 2. The van der Waals surface area contributed by atoms with Gasteiger partial charge < -0.3 is 10.5 Å². The van der Waals surface area contributed by atoms with Crippen molar-refractivity contribution in [2.24, 2.45) is 0 Å². The Morgan fingerprint density at radius 2 is 1.55 bits per heavy atom. The van der Waals surface area contributed by atoms with E-state index in [4.69, 9.17) is 10.5 Å². The van der Waals surface area contributed by atoms with Crippen molar-refractivity contribution in [2.75, 3.05) is 12.8 Å². The van der Waals surface area contributed by atoms with E-state index in [9.17, 15) is 0 Å². The molecule has 0 saturated carbocycles. The molecule has 3 rings (SSSR count). The van der Waals surface area contributed by atoms with E-state index in [0.29, 0.717) is 0 Å². The second-order valence-electron chi connectivity index (χ2n) is 4.94. The van der Waals surface area contributed by atoms with Gasteiger partial charge in [-0.25, -0.2) is 0 Å². The van der Waals surface area contributed by atoms with Gasteiger partial charge in [0.2, 0.25) is 0 Å². The highest BCUT2D eigenvalue weighted by atomic mass is 16.5. The van der Waals surface area contributed by atoms with E-state index >= 15 is 0 Å². The van der Waals surface area contributed by atoms with Crippen molar-refractivity contribution in [3.05, 3.63) is 60.2 Å². The SMILES string of the molecule is COc1ccc(-c2ccc(N)cc2C)c2ccccc12. The smallest absolute Gasteiger partial charge is 0.126 e. The summed E-state index contributed by atoms with van der Waals surface area (Å²) in [6.07, 6.45) is 0. The quantitative estimate of drug-likeness (QED) is 0.695. The van der Waals surface area contributed by atoms with Crippen molar-refractivity contribution in [3.8, 4) is 16.9 Å². The Morgan fingerprint density at radius 1 is 0.850 bits per heavy atom. The van der Waals surface area contributed by atoms with Crippen molar-refractivity contribution in [3.63, 3.8) is 0 Å². The average Bonchev–Trinajstić information content (AvgIpc) is 2.47. The first-order valence-electron chi connectivity index (χ1n) is 6.63. The van der Waals surface area contributed by atoms with Gasteiger partial charge in [-0.05, 0) is 47.2 Å². The topological polar surface area (TPSA) is 35.2 Å². The standard InChI is InChI=1S/C18H17NO/c1-12-11-13(19)7-8-14(12)16-9-10-18(20-2)17-6-4-3-5-15(16)17/h3-11H,19H2,1-2H3. The lowest BCUT2D eigenvalue weighted by molar-refractivity contribution is 0.420. The van der Waals surface area contributed by atoms with E-state index in [0.717, 1.165) is 16.8 Å². The number of benzene rings is 3. The molecule has 0 amide bonds. The Morgan fingerprint density at radius 3 is 2.25 bits per heavy atom. The largest absolute Gasteiger partial charge is 0.496 e. The zero-order valence-electron chi connectivity index (χ0n) is 11.7. The van der Waals surface area contributed by atoms with Crippen LogP contribution in [-0.4, -0.2) is 7.11 Å². The molecule has 100 valence electrons. The van der Waals surface area contributed by atoms with Crippen LogP contribution < -0.4 is 10.5 Å². The van der Waals surface area contributed by atoms with E-state index in [-0.39, 0.29) is 0 Å². The molecule has 0 saturated heterocycles. The van der Waals surface area contributed by atoms with E-state index in [1.807, 2.05) is 24.3 Å². The highest BCUT2D eigenvalue weighted by molar-refractivity contribution is 6.00. The number of methoxy groups -OCH3 is 1. The van der Waals surface area contributed by atoms with Crippen LogP contribution in [0.4, 0.5) is 5.69 Å². The molecule has 2 nitrogen and oxygen atoms in total. The summed E-state index contributed by atoms with van der Waals surface area (Å²) in [6.45, 7) is 2.09. The van der Waals surface area contributed by atoms with Gasteiger partial charge in [0, 0.05) is 11.1 Å². The van der Waals surface area contributed by atoms with Gasteiger partial charge in [-0.2, -0.15) is 0 Å². The Kier molecular flexibility index (Phi) is 3.07. The molecule has 0 aliphatic rings. The average molecular weight is 263 g/mol. The molecule has 0 spiro atoms. The van der Waals surface area contributed by atoms with E-state index in [1.54, 1.807) is 7.11 Å². The van der Waals surface area contributed by atoms with Gasteiger partial charge >= 0.3 is 0 Å². The summed E-state index contributed by atoms with van der Waals surface area (Å²) in [4.78, 5) is 0. The van der Waals surface area contributed by atoms with Crippen molar-refractivity contribution < 1.29 is 4.74 Å². The number of nitrogen functional groups attached to an aromatic ring is 1. The molecule has 20 heavy (non-hydrogen) atoms. The van der Waals surface area contributed by atoms with E-state index in [2.05, 4.69) is 37.3 Å². The Balaban J connectivity index is 2.32. The monoisotopic (exact) mass is 263 g/mol. The predicted octanol–water partition coefficient (Wildman–Crippen LogP) is 4.41. The Bertz CT molecular complexity index is 777. The maximum absolute atomic E-state index is 5.84. The normalized spacial score (nSPS) is 10.7. The number of hydrogen-bond donors (Lipinski definition) is 1. The van der Waals surface area contributed by atoms with Crippen LogP contribution in [0.2, 0.25) is 0 Å². The van der Waals surface area contributed by atoms with Gasteiger partial charge in [-0.1, -0.05) is 36.4 Å². The van der Waals surface area contributed by atoms with Crippen LogP contribution in [0.5, 0.6) is 5.75 Å². The van der Waals surface area contributed by atoms with Crippen molar-refractivity contribution in [1.82, 2.24) is 0 Å². The van der Waals surface area contributed by atoms with Crippen molar-refractivity contribution in [2.45, 2.75) is 6.92 Å². The third-order valence-electron chi connectivity index (χ3n) is 3.64. The number of anilines is 1. The van der Waals surface area contributed by atoms with Crippen LogP contribution in [0.15, 0.2) is 54.6 Å². The van der Waals surface area contributed by atoms with E-state index in [1.165, 1.54) is 22.1 Å². The van der Waals surface area contributed by atoms with Crippen molar-refractivity contribution in [1.29, 1.82) is 0 Å². The fourth-order valence-corrected chi connectivity index (χ4v) is 2.67. The van der Waals surface area contributed by atoms with Gasteiger partial charge in [-0.15, -0.1) is 0 Å². The minimum absolute atomic E-state index is 0.795. The molecule has 0 fully saturated rings. The summed E-state index contributed by atoms with van der Waals surface area (Å²) in [5.74, 6) is 0.900. The minimum atomic E-state index is 0.795. The van der Waals surface area contributed by atoms with Gasteiger partial charge in [0.05, 0.1) is 7.11 Å². The number of aryl methyl sites for hydroxylation is 1. The van der Waals surface area contributed by atoms with Crippen LogP contribution in [0, 0.1) is 6.92 Å². The maximum atomic E-state index is 5.84. The van der Waals surface area contributed by atoms with Gasteiger partial charge in [0.1, 0.15) is 5.75 Å². The lowest BCUT2D eigenvalue weighted by Gasteiger charge is -2.13. The molecule has 0 aliphatic carbocycles. The molecule has 0 atom stereocenters. The Labute approximate surface area is 118 Å². The summed E-state index contributed by atoms with van der Waals surface area (Å²) >= 11 is 0. The highest BCUT2D eigenvalue weighted by Crippen LogP contribution is 2.36. The maximum Gasteiger partial charge on any atom is 0.126 e. The molecular formula is C18H17NO. The molecule has 0 aromatic heterocycles. The van der Waals surface area contributed by atoms with Crippen LogP contribution in [0.25, 0.3) is 21.9 Å². The second kappa shape index (κ2) is 4.89. The third kappa shape index (κ3) is 1.99. The van der Waals surface area contributed by atoms with Crippen LogP contribution >= 0.6 is 0 Å². The first kappa shape index (κ1) is 12.5. The number of fused-ring (bicyclic) bond motifs is 1. The molecular weight excluding hydrogens is 246 g/mol. The molecule has 3 aromatic carbocycles.